The summed E-state index contributed by atoms with van der Waals surface area (Å²) in [5.41, 5.74) is -0.226. The molecule has 2 atom stereocenters. The first kappa shape index (κ1) is 15.7. The van der Waals surface area contributed by atoms with Gasteiger partial charge in [-0.2, -0.15) is 0 Å². The van der Waals surface area contributed by atoms with Crippen LogP contribution in [0.25, 0.3) is 0 Å². The van der Waals surface area contributed by atoms with Crippen LogP contribution < -0.4 is 0 Å². The van der Waals surface area contributed by atoms with Gasteiger partial charge in [0.1, 0.15) is 0 Å². The van der Waals surface area contributed by atoms with Gasteiger partial charge in [-0.1, -0.05) is 19.8 Å². The predicted octanol–water partition coefficient (Wildman–Crippen LogP) is 2.39. The van der Waals surface area contributed by atoms with Crippen molar-refractivity contribution in [1.82, 2.24) is 5.06 Å². The first-order chi connectivity index (χ1) is 8.45. The Hall–Kier alpha value is -0.380. The van der Waals surface area contributed by atoms with E-state index in [1.807, 2.05) is 0 Å². The van der Waals surface area contributed by atoms with Crippen molar-refractivity contribution >= 4 is 13.3 Å². The van der Waals surface area contributed by atoms with Crippen LogP contribution in [0.5, 0.6) is 0 Å². The van der Waals surface area contributed by atoms with E-state index in [2.05, 4.69) is 6.92 Å². The minimum absolute atomic E-state index is 0.0145. The van der Waals surface area contributed by atoms with E-state index in [1.54, 1.807) is 0 Å². The topological polar surface area (TPSA) is 66.8 Å². The van der Waals surface area contributed by atoms with Crippen LogP contribution in [0.1, 0.15) is 45.4 Å². The van der Waals surface area contributed by atoms with Crippen LogP contribution in [0.3, 0.4) is 0 Å². The van der Waals surface area contributed by atoms with Crippen LogP contribution in [-0.2, 0) is 14.2 Å². The van der Waals surface area contributed by atoms with E-state index >= 15 is 0 Å². The quantitative estimate of drug-likeness (QED) is 0.726. The molecule has 0 aromatic carbocycles. The van der Waals surface area contributed by atoms with Crippen molar-refractivity contribution in [2.45, 2.75) is 51.1 Å². The monoisotopic (exact) mass is 277 g/mol. The van der Waals surface area contributed by atoms with Gasteiger partial charge in [-0.15, -0.1) is 0 Å². The lowest BCUT2D eigenvalue weighted by molar-refractivity contribution is -0.198. The zero-order valence-electron chi connectivity index (χ0n) is 11.3. The number of nitrogens with zero attached hydrogens (tertiary/aromatic N) is 1. The van der Waals surface area contributed by atoms with Crippen molar-refractivity contribution < 1.29 is 19.1 Å². The third-order valence-corrected chi connectivity index (χ3v) is 5.17. The maximum atomic E-state index is 11.8. The summed E-state index contributed by atoms with van der Waals surface area (Å²) >= 11 is 0. The molecule has 6 heteroatoms. The fraction of sp³-hybridized carbons (Fsp3) is 0.917. The molecule has 0 aromatic rings. The van der Waals surface area contributed by atoms with Gasteiger partial charge in [0.25, 0.3) is 0 Å². The van der Waals surface area contributed by atoms with E-state index in [0.29, 0.717) is 26.0 Å². The molecule has 5 nitrogen and oxygen atoms in total. The first-order valence-corrected chi connectivity index (χ1v) is 8.86. The van der Waals surface area contributed by atoms with Gasteiger partial charge in [-0.3, -0.25) is 14.2 Å². The Balaban J connectivity index is 2.45. The molecule has 1 saturated heterocycles. The van der Waals surface area contributed by atoms with Crippen LogP contribution in [0.15, 0.2) is 0 Å². The first-order valence-electron chi connectivity index (χ1n) is 6.68. The summed E-state index contributed by atoms with van der Waals surface area (Å²) in [6.45, 7) is 4.46. The molecule has 2 unspecified atom stereocenters. The second-order valence-electron chi connectivity index (χ2n) is 4.96. The molecule has 1 fully saturated rings. The molecule has 18 heavy (non-hydrogen) atoms. The fourth-order valence-electron chi connectivity index (χ4n) is 2.11. The van der Waals surface area contributed by atoms with Crippen molar-refractivity contribution in [3.05, 3.63) is 0 Å². The van der Waals surface area contributed by atoms with E-state index < -0.39 is 7.37 Å². The molecule has 1 amide bonds. The summed E-state index contributed by atoms with van der Waals surface area (Å²) in [5.74, 6) is -0.0145. The van der Waals surface area contributed by atoms with Crippen molar-refractivity contribution in [3.8, 4) is 0 Å². The van der Waals surface area contributed by atoms with Crippen molar-refractivity contribution in [1.29, 1.82) is 0 Å². The SMILES string of the molecule is CCCCC(CCN1OCCCC1=O)P(C)(=O)O. The van der Waals surface area contributed by atoms with E-state index in [1.165, 1.54) is 11.7 Å². The maximum Gasteiger partial charge on any atom is 0.246 e. The van der Waals surface area contributed by atoms with Crippen LogP contribution in [0.2, 0.25) is 0 Å². The lowest BCUT2D eigenvalue weighted by atomic mass is 10.1. The second kappa shape index (κ2) is 7.27. The molecule has 1 heterocycles. The van der Waals surface area contributed by atoms with Crippen LogP contribution in [0, 0.1) is 0 Å². The van der Waals surface area contributed by atoms with E-state index in [9.17, 15) is 14.3 Å². The minimum Gasteiger partial charge on any atom is -0.344 e. The van der Waals surface area contributed by atoms with Gasteiger partial charge in [0.2, 0.25) is 13.3 Å². The number of amides is 1. The third-order valence-electron chi connectivity index (χ3n) is 3.29. The molecule has 0 aromatic heterocycles. The number of hydrogen-bond acceptors (Lipinski definition) is 3. The molecule has 1 rings (SSSR count). The smallest absolute Gasteiger partial charge is 0.246 e. The molecule has 0 spiro atoms. The van der Waals surface area contributed by atoms with Crippen LogP contribution in [-0.4, -0.2) is 41.3 Å². The standard InChI is InChI=1S/C12H24NO4P/c1-3-4-6-11(18(2,15)16)8-9-13-12(14)7-5-10-17-13/h11H,3-10H2,1-2H3,(H,15,16). The normalized spacial score (nSPS) is 21.7. The molecule has 1 aliphatic heterocycles. The molecule has 1 N–H and O–H groups in total. The molecule has 0 aliphatic carbocycles. The fourth-order valence-corrected chi connectivity index (χ4v) is 3.37. The highest BCUT2D eigenvalue weighted by Gasteiger charge is 2.27. The number of hydrogen-bond donors (Lipinski definition) is 1. The van der Waals surface area contributed by atoms with Gasteiger partial charge in [0.05, 0.1) is 6.61 Å². The Labute approximate surface area is 109 Å². The Morgan fingerprint density at radius 1 is 1.50 bits per heavy atom. The highest BCUT2D eigenvalue weighted by Crippen LogP contribution is 2.46. The van der Waals surface area contributed by atoms with Gasteiger partial charge in [-0.25, -0.2) is 5.06 Å². The molecule has 0 radical (unpaired) electrons. The highest BCUT2D eigenvalue weighted by molar-refractivity contribution is 7.57. The lowest BCUT2D eigenvalue weighted by Gasteiger charge is -2.28. The predicted molar refractivity (Wildman–Crippen MR) is 70.6 cm³/mol. The summed E-state index contributed by atoms with van der Waals surface area (Å²) < 4.78 is 11.8. The molecular weight excluding hydrogens is 253 g/mol. The summed E-state index contributed by atoms with van der Waals surface area (Å²) in [7, 11) is -3.09. The van der Waals surface area contributed by atoms with Crippen molar-refractivity contribution in [2.75, 3.05) is 19.8 Å². The Morgan fingerprint density at radius 3 is 2.78 bits per heavy atom. The molecule has 106 valence electrons. The summed E-state index contributed by atoms with van der Waals surface area (Å²) in [4.78, 5) is 26.5. The molecule has 0 bridgehead atoms. The van der Waals surface area contributed by atoms with E-state index in [4.69, 9.17) is 4.84 Å². The Morgan fingerprint density at radius 2 is 2.22 bits per heavy atom. The number of carbonyl (C=O) groups is 1. The average molecular weight is 277 g/mol. The third kappa shape index (κ3) is 5.09. The van der Waals surface area contributed by atoms with E-state index in [-0.39, 0.29) is 11.6 Å². The molecular formula is C12H24NO4P. The summed E-state index contributed by atoms with van der Waals surface area (Å²) in [6, 6.07) is 0. The molecule has 1 aliphatic rings. The summed E-state index contributed by atoms with van der Waals surface area (Å²) in [5, 5.41) is 1.36. The number of hydroxylamine groups is 2. The zero-order chi connectivity index (χ0) is 13.6. The van der Waals surface area contributed by atoms with Gasteiger partial charge in [0, 0.05) is 25.3 Å². The van der Waals surface area contributed by atoms with Gasteiger partial charge >= 0.3 is 0 Å². The maximum absolute atomic E-state index is 11.8. The second-order valence-corrected chi connectivity index (χ2v) is 7.58. The minimum atomic E-state index is -3.09. The van der Waals surface area contributed by atoms with E-state index in [0.717, 1.165) is 25.7 Å². The Kier molecular flexibility index (Phi) is 6.33. The van der Waals surface area contributed by atoms with Gasteiger partial charge in [-0.05, 0) is 19.3 Å². The van der Waals surface area contributed by atoms with Crippen LogP contribution >= 0.6 is 7.37 Å². The number of unbranched alkanes of at least 4 members (excludes halogenated alkanes) is 1. The summed E-state index contributed by atoms with van der Waals surface area (Å²) in [6.07, 6.45) is 4.51. The lowest BCUT2D eigenvalue weighted by Crippen LogP contribution is -2.37. The Bertz CT molecular complexity index is 315. The van der Waals surface area contributed by atoms with Gasteiger partial charge < -0.3 is 4.89 Å². The average Bonchev–Trinajstić information content (AvgIpc) is 2.29. The molecule has 0 saturated carbocycles. The largest absolute Gasteiger partial charge is 0.344 e. The van der Waals surface area contributed by atoms with Crippen molar-refractivity contribution in [2.24, 2.45) is 0 Å². The van der Waals surface area contributed by atoms with Gasteiger partial charge in [0.15, 0.2) is 0 Å². The van der Waals surface area contributed by atoms with Crippen molar-refractivity contribution in [3.63, 3.8) is 0 Å². The zero-order valence-corrected chi connectivity index (χ0v) is 12.2. The number of carbonyl (C=O) groups excluding carboxylic acids is 1. The highest BCUT2D eigenvalue weighted by atomic mass is 31.2. The number of rotatable bonds is 7. The van der Waals surface area contributed by atoms with Crippen LogP contribution in [0.4, 0.5) is 0 Å².